The fourth-order valence-electron chi connectivity index (χ4n) is 4.23. The van der Waals surface area contributed by atoms with Gasteiger partial charge in [0, 0.05) is 24.3 Å². The van der Waals surface area contributed by atoms with Crippen LogP contribution in [0, 0.1) is 5.92 Å². The largest absolute Gasteiger partial charge is 0.476 e. The summed E-state index contributed by atoms with van der Waals surface area (Å²) in [6, 6.07) is 15.4. The van der Waals surface area contributed by atoms with Gasteiger partial charge in [0.05, 0.1) is 5.01 Å². The number of carbonyl (C=O) groups excluding carboxylic acids is 2. The number of hydrogen-bond donors (Lipinski definition) is 3. The van der Waals surface area contributed by atoms with E-state index in [0.717, 1.165) is 22.3 Å². The summed E-state index contributed by atoms with van der Waals surface area (Å²) >= 11 is 1.23. The molecule has 1 aliphatic rings. The van der Waals surface area contributed by atoms with Gasteiger partial charge in [0.15, 0.2) is 5.69 Å². The van der Waals surface area contributed by atoms with Crippen LogP contribution in [0.5, 0.6) is 0 Å². The molecule has 0 fully saturated rings. The van der Waals surface area contributed by atoms with Crippen molar-refractivity contribution < 1.29 is 24.2 Å². The van der Waals surface area contributed by atoms with Crippen LogP contribution in [-0.4, -0.2) is 47.3 Å². The topological polar surface area (TPSA) is 118 Å². The first-order valence-corrected chi connectivity index (χ1v) is 12.3. The van der Waals surface area contributed by atoms with Crippen molar-refractivity contribution in [1.82, 2.24) is 15.6 Å². The van der Waals surface area contributed by atoms with Crippen LogP contribution in [0.3, 0.4) is 0 Å². The molecule has 3 aromatic rings. The molecule has 0 saturated carbocycles. The molecule has 2 aromatic carbocycles. The van der Waals surface area contributed by atoms with Gasteiger partial charge in [-0.05, 0) is 28.2 Å². The molecule has 1 aromatic heterocycles. The summed E-state index contributed by atoms with van der Waals surface area (Å²) in [5, 5.41) is 16.5. The van der Waals surface area contributed by atoms with E-state index in [1.165, 1.54) is 16.7 Å². The SMILES string of the molecule is CC(C)C(NC(=O)OCC1c2ccccc2-c2ccccc21)C(=O)NCCc1nc(C(=O)O)cs1. The number of thiazole rings is 1. The molecule has 0 aliphatic heterocycles. The van der Waals surface area contributed by atoms with Crippen LogP contribution in [0.4, 0.5) is 4.79 Å². The minimum atomic E-state index is -1.08. The first-order valence-electron chi connectivity index (χ1n) is 11.4. The van der Waals surface area contributed by atoms with Gasteiger partial charge in [-0.1, -0.05) is 62.4 Å². The van der Waals surface area contributed by atoms with E-state index in [2.05, 4.69) is 27.8 Å². The average molecular weight is 494 g/mol. The molecule has 35 heavy (non-hydrogen) atoms. The quantitative estimate of drug-likeness (QED) is 0.414. The molecular formula is C26H27N3O5S. The molecule has 0 bridgehead atoms. The van der Waals surface area contributed by atoms with E-state index >= 15 is 0 Å². The maximum absolute atomic E-state index is 12.7. The molecule has 1 heterocycles. The number of hydrogen-bond acceptors (Lipinski definition) is 6. The van der Waals surface area contributed by atoms with Gasteiger partial charge in [0.25, 0.3) is 0 Å². The molecule has 8 nitrogen and oxygen atoms in total. The molecule has 1 atom stereocenters. The summed E-state index contributed by atoms with van der Waals surface area (Å²) in [6.07, 6.45) is -0.244. The Balaban J connectivity index is 1.32. The number of nitrogens with one attached hydrogen (secondary N) is 2. The van der Waals surface area contributed by atoms with E-state index in [9.17, 15) is 14.4 Å². The van der Waals surface area contributed by atoms with Gasteiger partial charge < -0.3 is 20.5 Å². The molecule has 1 unspecified atom stereocenters. The number of benzene rings is 2. The highest BCUT2D eigenvalue weighted by molar-refractivity contribution is 7.09. The Labute approximate surface area is 207 Å². The normalized spacial score (nSPS) is 13.1. The van der Waals surface area contributed by atoms with Crippen LogP contribution < -0.4 is 10.6 Å². The maximum Gasteiger partial charge on any atom is 0.407 e. The van der Waals surface area contributed by atoms with Gasteiger partial charge in [-0.3, -0.25) is 4.79 Å². The second-order valence-electron chi connectivity index (χ2n) is 8.66. The number of aromatic carboxylic acids is 1. The molecular weight excluding hydrogens is 466 g/mol. The standard InChI is InChI=1S/C26H27N3O5S/c1-15(2)23(24(30)27-12-11-22-28-21(14-35-22)25(31)32)29-26(33)34-13-20-18-9-5-3-7-16(18)17-8-4-6-10-19(17)20/h3-10,14-15,20,23H,11-13H2,1-2H3,(H,27,30)(H,29,33)(H,31,32). The monoisotopic (exact) mass is 493 g/mol. The third-order valence-electron chi connectivity index (χ3n) is 5.98. The minimum absolute atomic E-state index is 0.00620. The van der Waals surface area contributed by atoms with Gasteiger partial charge in [0.1, 0.15) is 12.6 Å². The van der Waals surface area contributed by atoms with E-state index in [4.69, 9.17) is 9.84 Å². The van der Waals surface area contributed by atoms with Crippen LogP contribution in [-0.2, 0) is 16.0 Å². The molecule has 0 saturated heterocycles. The van der Waals surface area contributed by atoms with Crippen LogP contribution >= 0.6 is 11.3 Å². The number of carbonyl (C=O) groups is 3. The predicted octanol–water partition coefficient (Wildman–Crippen LogP) is 4.06. The van der Waals surface area contributed by atoms with Crippen molar-refractivity contribution in [3.05, 3.63) is 75.7 Å². The van der Waals surface area contributed by atoms with Crippen molar-refractivity contribution in [1.29, 1.82) is 0 Å². The third kappa shape index (κ3) is 5.51. The maximum atomic E-state index is 12.7. The molecule has 0 spiro atoms. The molecule has 3 N–H and O–H groups in total. The van der Waals surface area contributed by atoms with Crippen LogP contribution in [0.2, 0.25) is 0 Å². The molecule has 0 radical (unpaired) electrons. The number of aromatic nitrogens is 1. The smallest absolute Gasteiger partial charge is 0.407 e. The van der Waals surface area contributed by atoms with Crippen LogP contribution in [0.15, 0.2) is 53.9 Å². The Bertz CT molecular complexity index is 1190. The Morgan fingerprint density at radius 2 is 1.69 bits per heavy atom. The second kappa shape index (κ2) is 10.7. The number of carboxylic acid groups (broad SMARTS) is 1. The Morgan fingerprint density at radius 1 is 1.06 bits per heavy atom. The number of amides is 2. The average Bonchev–Trinajstić information content (AvgIpc) is 3.44. The number of ether oxygens (including phenoxy) is 1. The summed E-state index contributed by atoms with van der Waals surface area (Å²) < 4.78 is 5.58. The van der Waals surface area contributed by atoms with Crippen molar-refractivity contribution in [3.63, 3.8) is 0 Å². The second-order valence-corrected chi connectivity index (χ2v) is 9.61. The summed E-state index contributed by atoms with van der Waals surface area (Å²) in [4.78, 5) is 40.3. The summed E-state index contributed by atoms with van der Waals surface area (Å²) in [7, 11) is 0. The Kier molecular flexibility index (Phi) is 7.45. The molecule has 4 rings (SSSR count). The predicted molar refractivity (Wildman–Crippen MR) is 133 cm³/mol. The van der Waals surface area contributed by atoms with Gasteiger partial charge in [-0.2, -0.15) is 0 Å². The highest BCUT2D eigenvalue weighted by Gasteiger charge is 2.30. The first-order chi connectivity index (χ1) is 16.8. The highest BCUT2D eigenvalue weighted by atomic mass is 32.1. The van der Waals surface area contributed by atoms with Gasteiger partial charge in [0.2, 0.25) is 5.91 Å². The zero-order chi connectivity index (χ0) is 24.9. The number of carboxylic acids is 1. The van der Waals surface area contributed by atoms with Gasteiger partial charge in [-0.15, -0.1) is 11.3 Å². The van der Waals surface area contributed by atoms with E-state index in [0.29, 0.717) is 11.4 Å². The van der Waals surface area contributed by atoms with Gasteiger partial charge >= 0.3 is 12.1 Å². The molecule has 182 valence electrons. The van der Waals surface area contributed by atoms with Crippen LogP contribution in [0.1, 0.15) is 46.4 Å². The van der Waals surface area contributed by atoms with E-state index < -0.39 is 18.1 Å². The van der Waals surface area contributed by atoms with Crippen molar-refractivity contribution in [3.8, 4) is 11.1 Å². The lowest BCUT2D eigenvalue weighted by molar-refractivity contribution is -0.124. The van der Waals surface area contributed by atoms with Gasteiger partial charge in [-0.25, -0.2) is 14.6 Å². The van der Waals surface area contributed by atoms with Crippen molar-refractivity contribution in [2.45, 2.75) is 32.2 Å². The summed E-state index contributed by atoms with van der Waals surface area (Å²) in [6.45, 7) is 4.13. The Hall–Kier alpha value is -3.72. The lowest BCUT2D eigenvalue weighted by atomic mass is 9.98. The fraction of sp³-hybridized carbons (Fsp3) is 0.308. The molecule has 2 amide bonds. The zero-order valence-electron chi connectivity index (χ0n) is 19.5. The lowest BCUT2D eigenvalue weighted by Crippen LogP contribution is -2.50. The first kappa shape index (κ1) is 24.4. The van der Waals surface area contributed by atoms with E-state index in [1.54, 1.807) is 0 Å². The third-order valence-corrected chi connectivity index (χ3v) is 6.88. The van der Waals surface area contributed by atoms with E-state index in [-0.39, 0.29) is 36.6 Å². The zero-order valence-corrected chi connectivity index (χ0v) is 20.3. The summed E-state index contributed by atoms with van der Waals surface area (Å²) in [5.74, 6) is -1.63. The molecule has 1 aliphatic carbocycles. The van der Waals surface area contributed by atoms with E-state index in [1.807, 2.05) is 50.2 Å². The van der Waals surface area contributed by atoms with Crippen molar-refractivity contribution in [2.75, 3.05) is 13.2 Å². The molecule has 9 heteroatoms. The Morgan fingerprint density at radius 3 is 2.26 bits per heavy atom. The van der Waals surface area contributed by atoms with Crippen molar-refractivity contribution >= 4 is 29.3 Å². The summed E-state index contributed by atoms with van der Waals surface area (Å²) in [5.41, 5.74) is 4.52. The highest BCUT2D eigenvalue weighted by Crippen LogP contribution is 2.44. The number of fused-ring (bicyclic) bond motifs is 3. The number of nitrogens with zero attached hydrogens (tertiary/aromatic N) is 1. The minimum Gasteiger partial charge on any atom is -0.476 e. The fourth-order valence-corrected chi connectivity index (χ4v) is 5.00. The van der Waals surface area contributed by atoms with Crippen LogP contribution in [0.25, 0.3) is 11.1 Å². The lowest BCUT2D eigenvalue weighted by Gasteiger charge is -2.22. The van der Waals surface area contributed by atoms with Crippen molar-refractivity contribution in [2.24, 2.45) is 5.92 Å². The number of rotatable bonds is 9. The number of alkyl carbamates (subject to hydrolysis) is 1.